The lowest BCUT2D eigenvalue weighted by Gasteiger charge is -2.22. The maximum absolute atomic E-state index is 11.6. The van der Waals surface area contributed by atoms with Gasteiger partial charge in [0.2, 0.25) is 5.91 Å². The van der Waals surface area contributed by atoms with Crippen LogP contribution in [0, 0.1) is 0 Å². The van der Waals surface area contributed by atoms with Crippen LogP contribution in [0.2, 0.25) is 0 Å². The van der Waals surface area contributed by atoms with Crippen LogP contribution in [0.4, 0.5) is 0 Å². The molecule has 0 aromatic carbocycles. The monoisotopic (exact) mass is 220 g/mol. The summed E-state index contributed by atoms with van der Waals surface area (Å²) in [5, 5.41) is 0. The summed E-state index contributed by atoms with van der Waals surface area (Å²) in [7, 11) is 1.92. The average Bonchev–Trinajstić information content (AvgIpc) is 2.93. The van der Waals surface area contributed by atoms with E-state index in [0.29, 0.717) is 18.5 Å². The fourth-order valence-electron chi connectivity index (χ4n) is 2.94. The predicted octanol–water partition coefficient (Wildman–Crippen LogP) is 1.08. The Bertz CT molecular complexity index is 388. The SMILES string of the molecule is CN1C(=O)CC2C1CCN2Cc1ccoc1. The smallest absolute Gasteiger partial charge is 0.224 e. The van der Waals surface area contributed by atoms with Gasteiger partial charge in [-0.1, -0.05) is 0 Å². The zero-order chi connectivity index (χ0) is 11.1. The molecule has 2 aliphatic heterocycles. The molecule has 2 saturated heterocycles. The lowest BCUT2D eigenvalue weighted by molar-refractivity contribution is -0.127. The van der Waals surface area contributed by atoms with Crippen LogP contribution in [0.1, 0.15) is 18.4 Å². The molecule has 0 bridgehead atoms. The molecule has 2 unspecified atom stereocenters. The number of furan rings is 1. The summed E-state index contributed by atoms with van der Waals surface area (Å²) in [4.78, 5) is 15.9. The van der Waals surface area contributed by atoms with Crippen molar-refractivity contribution >= 4 is 5.91 Å². The van der Waals surface area contributed by atoms with Crippen LogP contribution in [0.5, 0.6) is 0 Å². The number of hydrogen-bond acceptors (Lipinski definition) is 3. The highest BCUT2D eigenvalue weighted by Crippen LogP contribution is 2.32. The fraction of sp³-hybridized carbons (Fsp3) is 0.583. The minimum atomic E-state index is 0.284. The Morgan fingerprint density at radius 1 is 1.50 bits per heavy atom. The fourth-order valence-corrected chi connectivity index (χ4v) is 2.94. The second kappa shape index (κ2) is 3.63. The van der Waals surface area contributed by atoms with Crippen molar-refractivity contribution in [1.82, 2.24) is 9.80 Å². The van der Waals surface area contributed by atoms with Crippen LogP contribution in [0.25, 0.3) is 0 Å². The highest BCUT2D eigenvalue weighted by molar-refractivity contribution is 5.79. The molecule has 0 N–H and O–H groups in total. The number of fused-ring (bicyclic) bond motifs is 1. The van der Waals surface area contributed by atoms with Gasteiger partial charge in [0.05, 0.1) is 12.5 Å². The van der Waals surface area contributed by atoms with E-state index in [1.54, 1.807) is 12.5 Å². The molecule has 1 aromatic heterocycles. The van der Waals surface area contributed by atoms with Crippen LogP contribution >= 0.6 is 0 Å². The van der Waals surface area contributed by atoms with Crippen LogP contribution in [-0.4, -0.2) is 41.4 Å². The van der Waals surface area contributed by atoms with Gasteiger partial charge in [-0.2, -0.15) is 0 Å². The number of carbonyl (C=O) groups is 1. The van der Waals surface area contributed by atoms with Gasteiger partial charge >= 0.3 is 0 Å². The Hall–Kier alpha value is -1.29. The first-order chi connectivity index (χ1) is 7.75. The minimum absolute atomic E-state index is 0.284. The van der Waals surface area contributed by atoms with Crippen molar-refractivity contribution in [2.24, 2.45) is 0 Å². The lowest BCUT2D eigenvalue weighted by Crippen LogP contribution is -2.34. The van der Waals surface area contributed by atoms with Crippen molar-refractivity contribution < 1.29 is 9.21 Å². The Morgan fingerprint density at radius 2 is 2.38 bits per heavy atom. The summed E-state index contributed by atoms with van der Waals surface area (Å²) in [6.07, 6.45) is 5.27. The first kappa shape index (κ1) is 9.90. The second-order valence-electron chi connectivity index (χ2n) is 4.73. The molecule has 0 aliphatic carbocycles. The van der Waals surface area contributed by atoms with Crippen LogP contribution < -0.4 is 0 Å². The summed E-state index contributed by atoms with van der Waals surface area (Å²) in [5.74, 6) is 0.284. The van der Waals surface area contributed by atoms with Crippen molar-refractivity contribution in [2.45, 2.75) is 31.5 Å². The van der Waals surface area contributed by atoms with Gasteiger partial charge in [0, 0.05) is 44.2 Å². The molecule has 0 saturated carbocycles. The van der Waals surface area contributed by atoms with E-state index in [1.807, 2.05) is 18.0 Å². The first-order valence-corrected chi connectivity index (χ1v) is 5.76. The van der Waals surface area contributed by atoms with Crippen molar-refractivity contribution in [1.29, 1.82) is 0 Å². The molecule has 3 heterocycles. The quantitative estimate of drug-likeness (QED) is 0.748. The lowest BCUT2D eigenvalue weighted by atomic mass is 10.1. The number of hydrogen-bond donors (Lipinski definition) is 0. The van der Waals surface area contributed by atoms with E-state index in [2.05, 4.69) is 4.90 Å². The van der Waals surface area contributed by atoms with Gasteiger partial charge < -0.3 is 9.32 Å². The van der Waals surface area contributed by atoms with E-state index < -0.39 is 0 Å². The van der Waals surface area contributed by atoms with Crippen molar-refractivity contribution in [3.63, 3.8) is 0 Å². The first-order valence-electron chi connectivity index (χ1n) is 5.76. The molecule has 0 spiro atoms. The molecule has 4 nitrogen and oxygen atoms in total. The van der Waals surface area contributed by atoms with E-state index in [9.17, 15) is 4.79 Å². The summed E-state index contributed by atoms with van der Waals surface area (Å²) < 4.78 is 5.07. The number of likely N-dealkylation sites (N-methyl/N-ethyl adjacent to an activating group) is 1. The van der Waals surface area contributed by atoms with Crippen LogP contribution in [0.15, 0.2) is 23.0 Å². The normalized spacial score (nSPS) is 30.1. The van der Waals surface area contributed by atoms with Gasteiger partial charge in [-0.25, -0.2) is 0 Å². The third kappa shape index (κ3) is 1.45. The number of carbonyl (C=O) groups excluding carboxylic acids is 1. The van der Waals surface area contributed by atoms with Crippen molar-refractivity contribution in [3.05, 3.63) is 24.2 Å². The highest BCUT2D eigenvalue weighted by Gasteiger charge is 2.44. The van der Waals surface area contributed by atoms with E-state index >= 15 is 0 Å². The molecule has 2 aliphatic rings. The van der Waals surface area contributed by atoms with Gasteiger partial charge in [0.15, 0.2) is 0 Å². The molecule has 3 rings (SSSR count). The Kier molecular flexibility index (Phi) is 2.24. The number of likely N-dealkylation sites (tertiary alicyclic amines) is 2. The third-order valence-electron chi connectivity index (χ3n) is 3.87. The maximum atomic E-state index is 11.6. The van der Waals surface area contributed by atoms with E-state index in [1.165, 1.54) is 5.56 Å². The average molecular weight is 220 g/mol. The zero-order valence-corrected chi connectivity index (χ0v) is 9.43. The molecule has 86 valence electrons. The molecular formula is C12H16N2O2. The third-order valence-corrected chi connectivity index (χ3v) is 3.87. The predicted molar refractivity (Wildman–Crippen MR) is 58.7 cm³/mol. The van der Waals surface area contributed by atoms with Crippen molar-refractivity contribution in [2.75, 3.05) is 13.6 Å². The van der Waals surface area contributed by atoms with Gasteiger partial charge in [0.1, 0.15) is 0 Å². The number of nitrogens with zero attached hydrogens (tertiary/aromatic N) is 2. The van der Waals surface area contributed by atoms with Crippen molar-refractivity contribution in [3.8, 4) is 0 Å². The van der Waals surface area contributed by atoms with E-state index in [-0.39, 0.29) is 5.91 Å². The topological polar surface area (TPSA) is 36.7 Å². The summed E-state index contributed by atoms with van der Waals surface area (Å²) >= 11 is 0. The summed E-state index contributed by atoms with van der Waals surface area (Å²) in [6.45, 7) is 1.98. The second-order valence-corrected chi connectivity index (χ2v) is 4.73. The van der Waals surface area contributed by atoms with Gasteiger partial charge in [-0.05, 0) is 12.5 Å². The van der Waals surface area contributed by atoms with E-state index in [4.69, 9.17) is 4.42 Å². The Morgan fingerprint density at radius 3 is 3.12 bits per heavy atom. The Labute approximate surface area is 94.8 Å². The standard InChI is InChI=1S/C12H16N2O2/c1-13-10-2-4-14(11(10)6-12(13)15)7-9-3-5-16-8-9/h3,5,8,10-11H,2,4,6-7H2,1H3. The number of amides is 1. The molecule has 0 radical (unpaired) electrons. The molecular weight excluding hydrogens is 204 g/mol. The van der Waals surface area contributed by atoms with Gasteiger partial charge in [-0.15, -0.1) is 0 Å². The maximum Gasteiger partial charge on any atom is 0.224 e. The van der Waals surface area contributed by atoms with E-state index in [0.717, 1.165) is 19.5 Å². The summed E-state index contributed by atoms with van der Waals surface area (Å²) in [6, 6.07) is 2.83. The highest BCUT2D eigenvalue weighted by atomic mass is 16.3. The number of rotatable bonds is 2. The molecule has 2 fully saturated rings. The molecule has 16 heavy (non-hydrogen) atoms. The minimum Gasteiger partial charge on any atom is -0.472 e. The van der Waals surface area contributed by atoms with Crippen LogP contribution in [-0.2, 0) is 11.3 Å². The molecule has 1 aromatic rings. The van der Waals surface area contributed by atoms with Gasteiger partial charge in [0.25, 0.3) is 0 Å². The van der Waals surface area contributed by atoms with Gasteiger partial charge in [-0.3, -0.25) is 9.69 Å². The molecule has 1 amide bonds. The molecule has 2 atom stereocenters. The Balaban J connectivity index is 1.72. The largest absolute Gasteiger partial charge is 0.472 e. The summed E-state index contributed by atoms with van der Waals surface area (Å²) in [5.41, 5.74) is 1.20. The molecule has 4 heteroatoms. The van der Waals surface area contributed by atoms with Crippen LogP contribution in [0.3, 0.4) is 0 Å². The zero-order valence-electron chi connectivity index (χ0n) is 9.43.